The molecule has 0 bridgehead atoms. The lowest BCUT2D eigenvalue weighted by molar-refractivity contribution is 0.548. The Kier molecular flexibility index (Phi) is 6.59. The van der Waals surface area contributed by atoms with Crippen LogP contribution in [0.3, 0.4) is 0 Å². The van der Waals surface area contributed by atoms with Gasteiger partial charge in [0, 0.05) is 13.1 Å². The third kappa shape index (κ3) is 4.70. The molecular formula is C14H12Cl2F2N2O4S2. The molecule has 2 aromatic rings. The molecule has 2 N–H and O–H groups in total. The van der Waals surface area contributed by atoms with Crippen molar-refractivity contribution >= 4 is 43.2 Å². The summed E-state index contributed by atoms with van der Waals surface area (Å²) in [6.07, 6.45) is 0. The molecule has 0 fully saturated rings. The zero-order chi connectivity index (χ0) is 19.5. The van der Waals surface area contributed by atoms with Gasteiger partial charge in [-0.05, 0) is 24.3 Å². The molecule has 0 aliphatic rings. The van der Waals surface area contributed by atoms with Crippen LogP contribution in [0.15, 0.2) is 46.2 Å². The largest absolute Gasteiger partial charge is 0.243 e. The summed E-state index contributed by atoms with van der Waals surface area (Å²) >= 11 is 11.1. The molecule has 12 heteroatoms. The van der Waals surface area contributed by atoms with Crippen molar-refractivity contribution in [3.8, 4) is 0 Å². The van der Waals surface area contributed by atoms with Crippen molar-refractivity contribution in [2.45, 2.75) is 9.79 Å². The van der Waals surface area contributed by atoms with Gasteiger partial charge in [-0.15, -0.1) is 0 Å². The van der Waals surface area contributed by atoms with Crippen molar-refractivity contribution < 1.29 is 25.6 Å². The Hall–Kier alpha value is -1.30. The second-order valence-corrected chi connectivity index (χ2v) is 9.18. The first-order chi connectivity index (χ1) is 12.1. The monoisotopic (exact) mass is 444 g/mol. The summed E-state index contributed by atoms with van der Waals surface area (Å²) in [6.45, 7) is -0.814. The van der Waals surface area contributed by atoms with Crippen LogP contribution < -0.4 is 9.44 Å². The van der Waals surface area contributed by atoms with Gasteiger partial charge in [0.25, 0.3) is 0 Å². The molecule has 0 unspecified atom stereocenters. The quantitative estimate of drug-likeness (QED) is 0.641. The minimum Gasteiger partial charge on any atom is -0.210 e. The SMILES string of the molecule is O=S(=O)(NCCNS(=O)(=O)c1cccc(Cl)c1F)c1cccc(Cl)c1F. The lowest BCUT2D eigenvalue weighted by Gasteiger charge is -2.10. The molecule has 6 nitrogen and oxygen atoms in total. The molecule has 0 atom stereocenters. The van der Waals surface area contributed by atoms with Crippen molar-refractivity contribution in [2.75, 3.05) is 13.1 Å². The van der Waals surface area contributed by atoms with Gasteiger partial charge in [0.05, 0.1) is 10.0 Å². The first-order valence-corrected chi connectivity index (χ1v) is 10.7. The maximum atomic E-state index is 13.8. The van der Waals surface area contributed by atoms with Crippen LogP contribution in [0.4, 0.5) is 8.78 Å². The molecule has 142 valence electrons. The summed E-state index contributed by atoms with van der Waals surface area (Å²) in [5.41, 5.74) is 0. The maximum absolute atomic E-state index is 13.8. The molecule has 2 rings (SSSR count). The Morgan fingerprint density at radius 2 is 1.08 bits per heavy atom. The highest BCUT2D eigenvalue weighted by atomic mass is 35.5. The van der Waals surface area contributed by atoms with Gasteiger partial charge in [0.1, 0.15) is 9.79 Å². The Labute approximate surface area is 159 Å². The van der Waals surface area contributed by atoms with Crippen molar-refractivity contribution in [3.05, 3.63) is 58.1 Å². The van der Waals surface area contributed by atoms with Gasteiger partial charge in [0.2, 0.25) is 20.0 Å². The van der Waals surface area contributed by atoms with Gasteiger partial charge < -0.3 is 0 Å². The highest BCUT2D eigenvalue weighted by molar-refractivity contribution is 7.90. The lowest BCUT2D eigenvalue weighted by atomic mass is 10.3. The molecule has 26 heavy (non-hydrogen) atoms. The lowest BCUT2D eigenvalue weighted by Crippen LogP contribution is -2.35. The van der Waals surface area contributed by atoms with Crippen molar-refractivity contribution in [3.63, 3.8) is 0 Å². The Balaban J connectivity index is 2.04. The topological polar surface area (TPSA) is 92.3 Å². The van der Waals surface area contributed by atoms with E-state index in [9.17, 15) is 25.6 Å². The van der Waals surface area contributed by atoms with Crippen molar-refractivity contribution in [2.24, 2.45) is 0 Å². The Bertz CT molecular complexity index is 948. The van der Waals surface area contributed by atoms with Crippen LogP contribution >= 0.6 is 23.2 Å². The highest BCUT2D eigenvalue weighted by Crippen LogP contribution is 2.22. The molecule has 2 aromatic carbocycles. The van der Waals surface area contributed by atoms with Gasteiger partial charge in [-0.1, -0.05) is 35.3 Å². The molecule has 0 saturated carbocycles. The summed E-state index contributed by atoms with van der Waals surface area (Å²) in [6, 6.07) is 6.90. The molecular weight excluding hydrogens is 433 g/mol. The number of rotatable bonds is 7. The Morgan fingerprint density at radius 1 is 0.731 bits per heavy atom. The van der Waals surface area contributed by atoms with Gasteiger partial charge >= 0.3 is 0 Å². The van der Waals surface area contributed by atoms with Gasteiger partial charge in [-0.3, -0.25) is 0 Å². The van der Waals surface area contributed by atoms with E-state index in [0.29, 0.717) is 0 Å². The van der Waals surface area contributed by atoms with Crippen LogP contribution in [0.25, 0.3) is 0 Å². The second-order valence-electron chi connectivity index (χ2n) is 4.90. The molecule has 0 spiro atoms. The number of benzene rings is 2. The fourth-order valence-corrected chi connectivity index (χ4v) is 4.63. The van der Waals surface area contributed by atoms with Gasteiger partial charge in [0.15, 0.2) is 11.6 Å². The molecule has 0 aliphatic carbocycles. The van der Waals surface area contributed by atoms with E-state index in [1.165, 1.54) is 24.3 Å². The average molecular weight is 445 g/mol. The van der Waals surface area contributed by atoms with E-state index >= 15 is 0 Å². The van der Waals surface area contributed by atoms with Crippen LogP contribution in [-0.4, -0.2) is 29.9 Å². The van der Waals surface area contributed by atoms with Gasteiger partial charge in [-0.25, -0.2) is 35.1 Å². The van der Waals surface area contributed by atoms with Gasteiger partial charge in [-0.2, -0.15) is 0 Å². The number of nitrogens with one attached hydrogen (secondary N) is 2. The third-order valence-electron chi connectivity index (χ3n) is 3.12. The van der Waals surface area contributed by atoms with Crippen LogP contribution in [-0.2, 0) is 20.0 Å². The smallest absolute Gasteiger partial charge is 0.210 e. The zero-order valence-electron chi connectivity index (χ0n) is 12.8. The van der Waals surface area contributed by atoms with Crippen LogP contribution in [0.1, 0.15) is 0 Å². The number of halogens is 4. The number of sulfonamides is 2. The molecule has 0 amide bonds. The van der Waals surface area contributed by atoms with E-state index in [1.54, 1.807) is 0 Å². The fraction of sp³-hybridized carbons (Fsp3) is 0.143. The summed E-state index contributed by atoms with van der Waals surface area (Å²) in [5.74, 6) is -2.24. The van der Waals surface area contributed by atoms with E-state index in [-0.39, 0.29) is 10.0 Å². The second kappa shape index (κ2) is 8.15. The predicted octanol–water partition coefficient (Wildman–Crippen LogP) is 2.53. The van der Waals surface area contributed by atoms with E-state index in [1.807, 2.05) is 9.44 Å². The standard InChI is InChI=1S/C14H12Cl2F2N2O4S2/c15-9-3-1-5-11(13(9)17)25(21,22)19-7-8-20-26(23,24)12-6-2-4-10(16)14(12)18/h1-6,19-20H,7-8H2. The van der Waals surface area contributed by atoms with E-state index < -0.39 is 54.6 Å². The zero-order valence-corrected chi connectivity index (χ0v) is 16.0. The van der Waals surface area contributed by atoms with Crippen LogP contribution in [0.5, 0.6) is 0 Å². The average Bonchev–Trinajstić information content (AvgIpc) is 2.56. The normalized spacial score (nSPS) is 12.3. The van der Waals surface area contributed by atoms with Crippen LogP contribution in [0, 0.1) is 11.6 Å². The summed E-state index contributed by atoms with van der Waals surface area (Å²) < 4.78 is 79.7. The third-order valence-corrected chi connectivity index (χ3v) is 6.66. The predicted molar refractivity (Wildman–Crippen MR) is 93.2 cm³/mol. The summed E-state index contributed by atoms with van der Waals surface area (Å²) in [5, 5.41) is -0.741. The summed E-state index contributed by atoms with van der Waals surface area (Å²) in [4.78, 5) is -1.34. The van der Waals surface area contributed by atoms with Crippen molar-refractivity contribution in [1.29, 1.82) is 0 Å². The first-order valence-electron chi connectivity index (χ1n) is 6.93. The van der Waals surface area contributed by atoms with E-state index in [4.69, 9.17) is 23.2 Å². The van der Waals surface area contributed by atoms with E-state index in [0.717, 1.165) is 12.1 Å². The maximum Gasteiger partial charge on any atom is 0.243 e. The minimum atomic E-state index is -4.25. The number of hydrogen-bond donors (Lipinski definition) is 2. The highest BCUT2D eigenvalue weighted by Gasteiger charge is 2.22. The molecule has 0 radical (unpaired) electrons. The fourth-order valence-electron chi connectivity index (χ4n) is 1.91. The van der Waals surface area contributed by atoms with E-state index in [2.05, 4.69) is 0 Å². The minimum absolute atomic E-state index is 0.370. The molecule has 0 saturated heterocycles. The summed E-state index contributed by atoms with van der Waals surface area (Å²) in [7, 11) is -8.50. The van der Waals surface area contributed by atoms with Crippen LogP contribution in [0.2, 0.25) is 10.0 Å². The van der Waals surface area contributed by atoms with Crippen molar-refractivity contribution in [1.82, 2.24) is 9.44 Å². The molecule has 0 aliphatic heterocycles. The number of hydrogen-bond acceptors (Lipinski definition) is 4. The Morgan fingerprint density at radius 3 is 1.42 bits per heavy atom. The first kappa shape index (κ1) is 21.0. The molecule has 0 aromatic heterocycles. The molecule has 0 heterocycles.